The van der Waals surface area contributed by atoms with Crippen LogP contribution in [0.25, 0.3) is 0 Å². The van der Waals surface area contributed by atoms with Crippen molar-refractivity contribution in [1.29, 1.82) is 0 Å². The number of ether oxygens (including phenoxy) is 2. The van der Waals surface area contributed by atoms with E-state index in [0.29, 0.717) is 23.5 Å². The Balaban J connectivity index is 1.57. The highest BCUT2D eigenvalue weighted by Crippen LogP contribution is 2.24. The van der Waals surface area contributed by atoms with Crippen molar-refractivity contribution in [3.8, 4) is 17.2 Å². The molecule has 0 aromatic heterocycles. The minimum absolute atomic E-state index is 0.0108. The Morgan fingerprint density at radius 3 is 2.30 bits per heavy atom. The first-order valence-electron chi connectivity index (χ1n) is 11.5. The molecule has 5 heteroatoms. The zero-order valence-electron chi connectivity index (χ0n) is 19.3. The van der Waals surface area contributed by atoms with Gasteiger partial charge in [0, 0.05) is 17.8 Å². The molecule has 3 aromatic carbocycles. The van der Waals surface area contributed by atoms with Gasteiger partial charge in [-0.25, -0.2) is 4.79 Å². The van der Waals surface area contributed by atoms with E-state index in [2.05, 4.69) is 24.0 Å². The van der Waals surface area contributed by atoms with Crippen molar-refractivity contribution in [3.63, 3.8) is 0 Å². The van der Waals surface area contributed by atoms with Crippen molar-refractivity contribution in [1.82, 2.24) is 0 Å². The van der Waals surface area contributed by atoms with Gasteiger partial charge in [-0.05, 0) is 73.9 Å². The summed E-state index contributed by atoms with van der Waals surface area (Å²) in [6.45, 7) is 4.67. The van der Waals surface area contributed by atoms with E-state index in [4.69, 9.17) is 9.47 Å². The summed E-state index contributed by atoms with van der Waals surface area (Å²) >= 11 is 0. The fourth-order valence-corrected chi connectivity index (χ4v) is 3.36. The molecule has 1 N–H and O–H groups in total. The fraction of sp³-hybridized carbons (Fsp3) is 0.286. The van der Waals surface area contributed by atoms with Crippen molar-refractivity contribution in [2.24, 2.45) is 4.99 Å². The second-order valence-corrected chi connectivity index (χ2v) is 7.80. The molecular formula is C28H31NO4. The normalized spacial score (nSPS) is 11.0. The standard InChI is InChI=1S/C28H31NO4/c1-3-5-6-7-8-21-9-14-24(15-10-21)29-20-23-13-18-26(19-27(23)30)33-28(31)22-11-16-25(17-12-22)32-4-2/h9-20,30H,3-8H2,1-2H3. The van der Waals surface area contributed by atoms with Gasteiger partial charge in [-0.2, -0.15) is 0 Å². The Labute approximate surface area is 195 Å². The maximum absolute atomic E-state index is 12.3. The molecule has 0 fully saturated rings. The Kier molecular flexibility index (Phi) is 9.07. The quantitative estimate of drug-likeness (QED) is 0.151. The van der Waals surface area contributed by atoms with E-state index in [1.54, 1.807) is 42.6 Å². The van der Waals surface area contributed by atoms with Gasteiger partial charge in [0.1, 0.15) is 17.2 Å². The van der Waals surface area contributed by atoms with E-state index >= 15 is 0 Å². The lowest BCUT2D eigenvalue weighted by molar-refractivity contribution is 0.0734. The third kappa shape index (κ3) is 7.49. The summed E-state index contributed by atoms with van der Waals surface area (Å²) in [5, 5.41) is 10.3. The van der Waals surface area contributed by atoms with E-state index < -0.39 is 5.97 Å². The maximum atomic E-state index is 12.3. The SMILES string of the molecule is CCCCCCc1ccc(N=Cc2ccc(OC(=O)c3ccc(OCC)cc3)cc2O)cc1. The van der Waals surface area contributed by atoms with Crippen LogP contribution < -0.4 is 9.47 Å². The molecule has 0 saturated carbocycles. The summed E-state index contributed by atoms with van der Waals surface area (Å²) in [6, 6.07) is 19.6. The van der Waals surface area contributed by atoms with Crippen molar-refractivity contribution in [2.45, 2.75) is 46.0 Å². The predicted molar refractivity (Wildman–Crippen MR) is 132 cm³/mol. The van der Waals surface area contributed by atoms with Crippen LogP contribution in [-0.4, -0.2) is 23.9 Å². The first-order valence-corrected chi connectivity index (χ1v) is 11.5. The van der Waals surface area contributed by atoms with Crippen LogP contribution in [-0.2, 0) is 6.42 Å². The highest BCUT2D eigenvalue weighted by atomic mass is 16.5. The molecule has 3 aromatic rings. The smallest absolute Gasteiger partial charge is 0.343 e. The molecule has 0 bridgehead atoms. The van der Waals surface area contributed by atoms with Crippen LogP contribution in [0.3, 0.4) is 0 Å². The van der Waals surface area contributed by atoms with Gasteiger partial charge in [0.2, 0.25) is 0 Å². The number of esters is 1. The zero-order valence-corrected chi connectivity index (χ0v) is 19.3. The van der Waals surface area contributed by atoms with Crippen molar-refractivity contribution in [3.05, 3.63) is 83.4 Å². The number of carbonyl (C=O) groups excluding carboxylic acids is 1. The Hall–Kier alpha value is -3.60. The molecule has 0 radical (unpaired) electrons. The highest BCUT2D eigenvalue weighted by Gasteiger charge is 2.10. The van der Waals surface area contributed by atoms with Crippen molar-refractivity contribution >= 4 is 17.9 Å². The molecule has 0 aliphatic carbocycles. The van der Waals surface area contributed by atoms with E-state index in [9.17, 15) is 9.90 Å². The molecule has 0 heterocycles. The lowest BCUT2D eigenvalue weighted by Gasteiger charge is -2.07. The van der Waals surface area contributed by atoms with Crippen LogP contribution >= 0.6 is 0 Å². The number of unbranched alkanes of at least 4 members (excludes halogenated alkanes) is 3. The average Bonchev–Trinajstić information content (AvgIpc) is 2.83. The molecular weight excluding hydrogens is 414 g/mol. The molecule has 172 valence electrons. The summed E-state index contributed by atoms with van der Waals surface area (Å²) in [6.07, 6.45) is 7.68. The van der Waals surface area contributed by atoms with Gasteiger partial charge in [-0.15, -0.1) is 0 Å². The van der Waals surface area contributed by atoms with Gasteiger partial charge in [0.25, 0.3) is 0 Å². The number of nitrogens with zero attached hydrogens (tertiary/aromatic N) is 1. The monoisotopic (exact) mass is 445 g/mol. The molecule has 5 nitrogen and oxygen atoms in total. The first kappa shape index (κ1) is 24.1. The fourth-order valence-electron chi connectivity index (χ4n) is 3.36. The molecule has 0 atom stereocenters. The van der Waals surface area contributed by atoms with E-state index in [0.717, 1.165) is 12.1 Å². The maximum Gasteiger partial charge on any atom is 0.343 e. The molecule has 0 amide bonds. The first-order chi connectivity index (χ1) is 16.1. The Morgan fingerprint density at radius 2 is 1.64 bits per heavy atom. The van der Waals surface area contributed by atoms with E-state index in [-0.39, 0.29) is 11.5 Å². The number of aromatic hydroxyl groups is 1. The van der Waals surface area contributed by atoms with Gasteiger partial charge < -0.3 is 14.6 Å². The predicted octanol–water partition coefficient (Wildman–Crippen LogP) is 6.88. The molecule has 0 unspecified atom stereocenters. The minimum atomic E-state index is -0.506. The molecule has 0 saturated heterocycles. The van der Waals surface area contributed by atoms with Gasteiger partial charge in [0.15, 0.2) is 0 Å². The number of phenols is 1. The number of hydrogen-bond donors (Lipinski definition) is 1. The number of benzene rings is 3. The largest absolute Gasteiger partial charge is 0.507 e. The summed E-state index contributed by atoms with van der Waals surface area (Å²) in [7, 11) is 0. The second-order valence-electron chi connectivity index (χ2n) is 7.80. The minimum Gasteiger partial charge on any atom is -0.507 e. The molecule has 33 heavy (non-hydrogen) atoms. The van der Waals surface area contributed by atoms with Crippen LogP contribution in [0.15, 0.2) is 71.7 Å². The van der Waals surface area contributed by atoms with Crippen LogP contribution in [0.1, 0.15) is 61.0 Å². The van der Waals surface area contributed by atoms with Crippen molar-refractivity contribution < 1.29 is 19.4 Å². The number of aryl methyl sites for hydroxylation is 1. The van der Waals surface area contributed by atoms with Crippen molar-refractivity contribution in [2.75, 3.05) is 6.61 Å². The summed E-state index contributed by atoms with van der Waals surface area (Å²) in [4.78, 5) is 16.8. The van der Waals surface area contributed by atoms with Crippen LogP contribution in [0.4, 0.5) is 5.69 Å². The van der Waals surface area contributed by atoms with Crippen LogP contribution in [0.2, 0.25) is 0 Å². The molecule has 0 aliphatic heterocycles. The number of rotatable bonds is 11. The third-order valence-corrected chi connectivity index (χ3v) is 5.22. The highest BCUT2D eigenvalue weighted by molar-refractivity contribution is 5.91. The van der Waals surface area contributed by atoms with Gasteiger partial charge >= 0.3 is 5.97 Å². The number of hydrogen-bond acceptors (Lipinski definition) is 5. The lowest BCUT2D eigenvalue weighted by atomic mass is 10.1. The zero-order chi connectivity index (χ0) is 23.5. The van der Waals surface area contributed by atoms with Gasteiger partial charge in [-0.1, -0.05) is 38.3 Å². The number of carbonyl (C=O) groups is 1. The summed E-state index contributed by atoms with van der Waals surface area (Å²) in [5.41, 5.74) is 3.07. The van der Waals surface area contributed by atoms with Crippen LogP contribution in [0, 0.1) is 0 Å². The third-order valence-electron chi connectivity index (χ3n) is 5.22. The van der Waals surface area contributed by atoms with Crippen LogP contribution in [0.5, 0.6) is 17.2 Å². The summed E-state index contributed by atoms with van der Waals surface area (Å²) in [5.74, 6) is 0.435. The molecule has 3 rings (SSSR count). The Bertz CT molecular complexity index is 1060. The second kappa shape index (κ2) is 12.4. The van der Waals surface area contributed by atoms with Gasteiger partial charge in [-0.3, -0.25) is 4.99 Å². The molecule has 0 aliphatic rings. The average molecular weight is 446 g/mol. The van der Waals surface area contributed by atoms with Gasteiger partial charge in [0.05, 0.1) is 17.9 Å². The number of phenolic OH excluding ortho intramolecular Hbond substituents is 1. The van der Waals surface area contributed by atoms with E-state index in [1.807, 2.05) is 19.1 Å². The number of aliphatic imine (C=N–C) groups is 1. The summed E-state index contributed by atoms with van der Waals surface area (Å²) < 4.78 is 10.7. The topological polar surface area (TPSA) is 68.1 Å². The van der Waals surface area contributed by atoms with E-state index in [1.165, 1.54) is 37.3 Å². The lowest BCUT2D eigenvalue weighted by Crippen LogP contribution is -2.08. The molecule has 0 spiro atoms. The Morgan fingerprint density at radius 1 is 0.909 bits per heavy atom.